The van der Waals surface area contributed by atoms with Crippen LogP contribution < -0.4 is 0 Å². The van der Waals surface area contributed by atoms with Gasteiger partial charge in [-0.15, -0.1) is 11.3 Å². The topological polar surface area (TPSA) is 59.5 Å². The monoisotopic (exact) mass is 390 g/mol. The van der Waals surface area contributed by atoms with E-state index in [1.54, 1.807) is 11.3 Å². The van der Waals surface area contributed by atoms with E-state index in [1.165, 1.54) is 11.3 Å². The van der Waals surface area contributed by atoms with E-state index in [2.05, 4.69) is 4.98 Å². The minimum Gasteiger partial charge on any atom is -0.460 e. The van der Waals surface area contributed by atoms with E-state index < -0.39 is 5.60 Å². The maximum atomic E-state index is 13.1. The Hall–Kier alpha value is -1.73. The maximum Gasteiger partial charge on any atom is 0.311 e. The van der Waals surface area contributed by atoms with Crippen LogP contribution in [0.15, 0.2) is 22.2 Å². The Bertz CT molecular complexity index is 822. The molecule has 0 aromatic carbocycles. The number of amides is 1. The quantitative estimate of drug-likeness (QED) is 0.737. The summed E-state index contributed by atoms with van der Waals surface area (Å²) < 4.78 is 5.57. The van der Waals surface area contributed by atoms with Crippen LogP contribution in [-0.4, -0.2) is 39.4 Å². The van der Waals surface area contributed by atoms with E-state index in [1.807, 2.05) is 47.9 Å². The van der Waals surface area contributed by atoms with Crippen LogP contribution >= 0.6 is 22.7 Å². The van der Waals surface area contributed by atoms with Gasteiger partial charge in [0.1, 0.15) is 16.3 Å². The van der Waals surface area contributed by atoms with Gasteiger partial charge in [-0.2, -0.15) is 11.3 Å². The fourth-order valence-electron chi connectivity index (χ4n) is 3.96. The number of aromatic nitrogens is 1. The zero-order valence-electron chi connectivity index (χ0n) is 15.1. The van der Waals surface area contributed by atoms with Gasteiger partial charge in [-0.1, -0.05) is 0 Å². The lowest BCUT2D eigenvalue weighted by atomic mass is 9.89. The van der Waals surface area contributed by atoms with Crippen LogP contribution in [-0.2, 0) is 9.53 Å². The van der Waals surface area contributed by atoms with Gasteiger partial charge in [-0.25, -0.2) is 4.98 Å². The third-order valence-corrected chi connectivity index (χ3v) is 6.55. The highest BCUT2D eigenvalue weighted by atomic mass is 32.1. The Morgan fingerprint density at radius 2 is 2.08 bits per heavy atom. The van der Waals surface area contributed by atoms with Crippen molar-refractivity contribution in [3.63, 3.8) is 0 Å². The molecule has 0 radical (unpaired) electrons. The predicted octanol–water partition coefficient (Wildman–Crippen LogP) is 4.21. The molecule has 138 valence electrons. The Morgan fingerprint density at radius 3 is 2.77 bits per heavy atom. The summed E-state index contributed by atoms with van der Waals surface area (Å²) >= 11 is 3.10. The second kappa shape index (κ2) is 6.46. The number of thiophene rings is 1. The van der Waals surface area contributed by atoms with Gasteiger partial charge in [0.05, 0.1) is 5.92 Å². The van der Waals surface area contributed by atoms with Gasteiger partial charge in [0, 0.05) is 28.4 Å². The second-order valence-electron chi connectivity index (χ2n) is 7.94. The summed E-state index contributed by atoms with van der Waals surface area (Å²) in [6.07, 6.45) is 2.52. The van der Waals surface area contributed by atoms with E-state index in [-0.39, 0.29) is 29.9 Å². The zero-order valence-corrected chi connectivity index (χ0v) is 16.7. The lowest BCUT2D eigenvalue weighted by Gasteiger charge is -2.26. The van der Waals surface area contributed by atoms with Crippen molar-refractivity contribution in [2.45, 2.75) is 57.7 Å². The Kier molecular flexibility index (Phi) is 4.39. The highest BCUT2D eigenvalue weighted by molar-refractivity contribution is 7.14. The third kappa shape index (κ3) is 3.18. The number of nitrogens with zero attached hydrogens (tertiary/aromatic N) is 2. The molecule has 7 heteroatoms. The molecule has 3 atom stereocenters. The van der Waals surface area contributed by atoms with Crippen LogP contribution in [0.4, 0.5) is 0 Å². The average molecular weight is 391 g/mol. The number of fused-ring (bicyclic) bond motifs is 2. The summed E-state index contributed by atoms with van der Waals surface area (Å²) in [7, 11) is 0. The van der Waals surface area contributed by atoms with E-state index in [9.17, 15) is 9.59 Å². The molecule has 2 aliphatic heterocycles. The molecule has 2 saturated heterocycles. The van der Waals surface area contributed by atoms with E-state index in [4.69, 9.17) is 4.74 Å². The summed E-state index contributed by atoms with van der Waals surface area (Å²) in [5, 5.41) is 6.73. The smallest absolute Gasteiger partial charge is 0.311 e. The molecule has 5 nitrogen and oxygen atoms in total. The first-order chi connectivity index (χ1) is 12.3. The fourth-order valence-corrected chi connectivity index (χ4v) is 5.46. The van der Waals surface area contributed by atoms with Crippen molar-refractivity contribution in [3.8, 4) is 10.6 Å². The number of hydrogen-bond donors (Lipinski definition) is 0. The van der Waals surface area contributed by atoms with Crippen LogP contribution in [0.3, 0.4) is 0 Å². The summed E-state index contributed by atoms with van der Waals surface area (Å²) in [5.41, 5.74) is 1.03. The number of thiazole rings is 1. The van der Waals surface area contributed by atoms with Crippen molar-refractivity contribution in [2.75, 3.05) is 0 Å². The molecule has 4 rings (SSSR count). The Labute approximate surface area is 161 Å². The molecule has 2 aromatic rings. The highest BCUT2D eigenvalue weighted by Gasteiger charge is 2.52. The largest absolute Gasteiger partial charge is 0.460 e. The lowest BCUT2D eigenvalue weighted by Crippen LogP contribution is -2.39. The van der Waals surface area contributed by atoms with Crippen LogP contribution in [0, 0.1) is 5.92 Å². The molecule has 2 aromatic heterocycles. The van der Waals surface area contributed by atoms with Gasteiger partial charge in [-0.05, 0) is 51.5 Å². The molecule has 0 aliphatic carbocycles. The molecule has 0 saturated carbocycles. The summed E-state index contributed by atoms with van der Waals surface area (Å²) in [4.78, 5) is 32.0. The number of hydrogen-bond acceptors (Lipinski definition) is 6. The molecule has 26 heavy (non-hydrogen) atoms. The molecule has 2 bridgehead atoms. The van der Waals surface area contributed by atoms with Crippen molar-refractivity contribution in [3.05, 3.63) is 27.9 Å². The first kappa shape index (κ1) is 17.7. The van der Waals surface area contributed by atoms with E-state index in [0.29, 0.717) is 12.1 Å². The Morgan fingerprint density at radius 1 is 1.27 bits per heavy atom. The van der Waals surface area contributed by atoms with Crippen molar-refractivity contribution in [1.82, 2.24) is 9.88 Å². The van der Waals surface area contributed by atoms with Crippen molar-refractivity contribution < 1.29 is 14.3 Å². The minimum absolute atomic E-state index is 0.0544. The number of rotatable bonds is 3. The molecular weight excluding hydrogens is 368 g/mol. The number of ether oxygens (including phenoxy) is 1. The first-order valence-corrected chi connectivity index (χ1v) is 10.7. The van der Waals surface area contributed by atoms with Gasteiger partial charge in [0.25, 0.3) is 5.91 Å². The molecule has 1 amide bonds. The third-order valence-electron chi connectivity index (χ3n) is 4.97. The van der Waals surface area contributed by atoms with Gasteiger partial charge >= 0.3 is 5.97 Å². The van der Waals surface area contributed by atoms with Crippen LogP contribution in [0.25, 0.3) is 10.6 Å². The predicted molar refractivity (Wildman–Crippen MR) is 102 cm³/mol. The van der Waals surface area contributed by atoms with Crippen LogP contribution in [0.5, 0.6) is 0 Å². The first-order valence-electron chi connectivity index (χ1n) is 8.87. The molecular formula is C19H22N2O3S2. The van der Waals surface area contributed by atoms with Crippen LogP contribution in [0.1, 0.15) is 50.5 Å². The summed E-state index contributed by atoms with van der Waals surface area (Å²) in [6.45, 7) is 5.63. The number of esters is 1. The SMILES string of the molecule is CC(C)(C)OC(=O)C1CC2CCC1N2C(=O)c1csc(-c2ccsc2)n1. The van der Waals surface area contributed by atoms with Gasteiger partial charge in [-0.3, -0.25) is 9.59 Å². The van der Waals surface area contributed by atoms with Crippen molar-refractivity contribution in [2.24, 2.45) is 5.92 Å². The van der Waals surface area contributed by atoms with Crippen molar-refractivity contribution in [1.29, 1.82) is 0 Å². The van der Waals surface area contributed by atoms with Gasteiger partial charge in [0.15, 0.2) is 0 Å². The molecule has 0 spiro atoms. The van der Waals surface area contributed by atoms with Gasteiger partial charge < -0.3 is 9.64 Å². The normalized spacial score (nSPS) is 24.9. The number of carbonyl (C=O) groups is 2. The standard InChI is InChI=1S/C19H22N2O3S2/c1-19(2,3)24-18(23)13-8-12-4-5-15(13)21(12)17(22)14-10-26-16(20-14)11-6-7-25-9-11/h6-7,9-10,12-13,15H,4-5,8H2,1-3H3. The maximum absolute atomic E-state index is 13.1. The second-order valence-corrected chi connectivity index (χ2v) is 9.57. The highest BCUT2D eigenvalue weighted by Crippen LogP contribution is 2.43. The summed E-state index contributed by atoms with van der Waals surface area (Å²) in [6, 6.07) is 2.07. The molecule has 4 heterocycles. The Balaban J connectivity index is 1.51. The zero-order chi connectivity index (χ0) is 18.5. The lowest BCUT2D eigenvalue weighted by molar-refractivity contribution is -0.160. The molecule has 3 unspecified atom stereocenters. The van der Waals surface area contributed by atoms with Gasteiger partial charge in [0.2, 0.25) is 0 Å². The molecule has 2 fully saturated rings. The minimum atomic E-state index is -0.502. The van der Waals surface area contributed by atoms with Crippen LogP contribution in [0.2, 0.25) is 0 Å². The fraction of sp³-hybridized carbons (Fsp3) is 0.526. The van der Waals surface area contributed by atoms with E-state index in [0.717, 1.165) is 23.4 Å². The summed E-state index contributed by atoms with van der Waals surface area (Å²) in [5.74, 6) is -0.451. The van der Waals surface area contributed by atoms with E-state index >= 15 is 0 Å². The number of carbonyl (C=O) groups excluding carboxylic acids is 2. The average Bonchev–Trinajstić information content (AvgIpc) is 3.33. The van der Waals surface area contributed by atoms with Crippen molar-refractivity contribution >= 4 is 34.6 Å². The molecule has 2 aliphatic rings. The molecule has 0 N–H and O–H groups in total.